The van der Waals surface area contributed by atoms with Crippen LogP contribution in [0.3, 0.4) is 0 Å². The lowest BCUT2D eigenvalue weighted by atomic mass is 10.3. The molecule has 0 saturated carbocycles. The summed E-state index contributed by atoms with van der Waals surface area (Å²) >= 11 is 0. The summed E-state index contributed by atoms with van der Waals surface area (Å²) in [5.41, 5.74) is 6.15. The van der Waals surface area contributed by atoms with Crippen LogP contribution in [-0.2, 0) is 0 Å². The minimum absolute atomic E-state index is 0.518. The van der Waals surface area contributed by atoms with Gasteiger partial charge in [-0.25, -0.2) is 0 Å². The summed E-state index contributed by atoms with van der Waals surface area (Å²) in [6.07, 6.45) is 5.35. The number of hydrogen-bond donors (Lipinski definition) is 1. The number of rotatable bonds is 3. The fourth-order valence-corrected chi connectivity index (χ4v) is 0.272. The Balaban J connectivity index is 3.52. The molecule has 0 unspecified atom stereocenters. The molecule has 0 radical (unpaired) electrons. The maximum Gasteiger partial charge on any atom is 0.0172 e. The number of nitrogens with two attached hydrogens (primary N) is 1. The van der Waals surface area contributed by atoms with Crippen LogP contribution < -0.4 is 5.73 Å². The molecule has 0 aliphatic carbocycles. The van der Waals surface area contributed by atoms with Gasteiger partial charge in [0.2, 0.25) is 0 Å². The molecule has 0 saturated heterocycles. The lowest BCUT2D eigenvalue weighted by Crippen LogP contribution is -1.98. The largest absolute Gasteiger partial charge is 0.327 e. The smallest absolute Gasteiger partial charge is 0.0172 e. The maximum atomic E-state index is 5.23. The molecule has 8 heavy (non-hydrogen) atoms. The van der Waals surface area contributed by atoms with Crippen molar-refractivity contribution >= 4 is 0 Å². The van der Waals surface area contributed by atoms with Crippen molar-refractivity contribution in [3.63, 3.8) is 0 Å². The van der Waals surface area contributed by atoms with Gasteiger partial charge in [0.15, 0.2) is 0 Å². The van der Waals surface area contributed by atoms with Crippen LogP contribution in [0.4, 0.5) is 0 Å². The minimum Gasteiger partial charge on any atom is -0.327 e. The first-order chi connectivity index (χ1) is 3.81. The Labute approximate surface area is 50.2 Å². The average Bonchev–Trinajstić information content (AvgIpc) is 1.83. The molecule has 0 aromatic heterocycles. The van der Waals surface area contributed by atoms with Gasteiger partial charge >= 0.3 is 0 Å². The van der Waals surface area contributed by atoms with E-state index in [1.165, 1.54) is 0 Å². The van der Waals surface area contributed by atoms with Gasteiger partial charge in [0, 0.05) is 6.54 Å². The van der Waals surface area contributed by atoms with E-state index in [2.05, 4.69) is 13.2 Å². The van der Waals surface area contributed by atoms with E-state index >= 15 is 0 Å². The van der Waals surface area contributed by atoms with Gasteiger partial charge in [-0.3, -0.25) is 0 Å². The van der Waals surface area contributed by atoms with E-state index in [1.54, 1.807) is 6.08 Å². The molecule has 1 nitrogen and oxygen atoms in total. The predicted molar refractivity (Wildman–Crippen MR) is 37.5 cm³/mol. The monoisotopic (exact) mass is 109 g/mol. The summed E-state index contributed by atoms with van der Waals surface area (Å²) in [7, 11) is 0. The van der Waals surface area contributed by atoms with Crippen LogP contribution in [0, 0.1) is 0 Å². The molecule has 0 fully saturated rings. The van der Waals surface area contributed by atoms with Gasteiger partial charge in [0.25, 0.3) is 0 Å². The molecule has 0 aromatic carbocycles. The molecule has 0 aliphatic rings. The van der Waals surface area contributed by atoms with Crippen molar-refractivity contribution in [1.29, 1.82) is 0 Å². The molecule has 0 spiro atoms. The SMILES string of the molecule is C=C/C=C/C(=C)CN. The zero-order valence-corrected chi connectivity index (χ0v) is 4.93. The summed E-state index contributed by atoms with van der Waals surface area (Å²) in [5, 5.41) is 0. The fraction of sp³-hybridized carbons (Fsp3) is 0.143. The Morgan fingerprint density at radius 1 is 1.62 bits per heavy atom. The highest BCUT2D eigenvalue weighted by atomic mass is 14.5. The van der Waals surface area contributed by atoms with Gasteiger partial charge < -0.3 is 5.73 Å². The van der Waals surface area contributed by atoms with Crippen molar-refractivity contribution in [1.82, 2.24) is 0 Å². The lowest BCUT2D eigenvalue weighted by Gasteiger charge is -1.86. The Morgan fingerprint density at radius 3 is 2.62 bits per heavy atom. The van der Waals surface area contributed by atoms with E-state index in [1.807, 2.05) is 12.2 Å². The first-order valence-electron chi connectivity index (χ1n) is 2.48. The first kappa shape index (κ1) is 7.18. The van der Waals surface area contributed by atoms with Crippen LogP contribution in [0.1, 0.15) is 0 Å². The van der Waals surface area contributed by atoms with Gasteiger partial charge in [-0.2, -0.15) is 0 Å². The average molecular weight is 109 g/mol. The van der Waals surface area contributed by atoms with Gasteiger partial charge in [0.1, 0.15) is 0 Å². The van der Waals surface area contributed by atoms with Crippen LogP contribution in [0.5, 0.6) is 0 Å². The third kappa shape index (κ3) is 3.37. The standard InChI is InChI=1S/C7H11N/c1-3-4-5-7(2)6-8/h3-5H,1-2,6,8H2/b5-4+. The van der Waals surface area contributed by atoms with E-state index in [-0.39, 0.29) is 0 Å². The normalized spacial score (nSPS) is 9.62. The molecular formula is C7H11N. The first-order valence-corrected chi connectivity index (χ1v) is 2.48. The quantitative estimate of drug-likeness (QED) is 0.542. The second kappa shape index (κ2) is 4.34. The maximum absolute atomic E-state index is 5.23. The zero-order valence-electron chi connectivity index (χ0n) is 4.93. The summed E-state index contributed by atoms with van der Waals surface area (Å²) < 4.78 is 0. The Hall–Kier alpha value is -0.820. The third-order valence-corrected chi connectivity index (χ3v) is 0.730. The number of allylic oxidation sites excluding steroid dienone is 2. The topological polar surface area (TPSA) is 26.0 Å². The van der Waals surface area contributed by atoms with Crippen LogP contribution in [-0.4, -0.2) is 6.54 Å². The molecule has 0 bridgehead atoms. The fourth-order valence-electron chi connectivity index (χ4n) is 0.272. The molecule has 0 atom stereocenters. The minimum atomic E-state index is 0.518. The van der Waals surface area contributed by atoms with E-state index in [9.17, 15) is 0 Å². The summed E-state index contributed by atoms with van der Waals surface area (Å²) in [4.78, 5) is 0. The van der Waals surface area contributed by atoms with Gasteiger partial charge in [0.05, 0.1) is 0 Å². The lowest BCUT2D eigenvalue weighted by molar-refractivity contribution is 1.20. The Morgan fingerprint density at radius 2 is 2.25 bits per heavy atom. The van der Waals surface area contributed by atoms with Crippen molar-refractivity contribution in [3.05, 3.63) is 37.0 Å². The molecule has 0 aliphatic heterocycles. The van der Waals surface area contributed by atoms with Crippen LogP contribution >= 0.6 is 0 Å². The highest BCUT2D eigenvalue weighted by molar-refractivity contribution is 5.18. The van der Waals surface area contributed by atoms with Gasteiger partial charge in [-0.15, -0.1) is 0 Å². The van der Waals surface area contributed by atoms with Crippen molar-refractivity contribution < 1.29 is 0 Å². The van der Waals surface area contributed by atoms with Gasteiger partial charge in [-0.1, -0.05) is 31.4 Å². The Bertz CT molecular complexity index is 112. The van der Waals surface area contributed by atoms with Crippen LogP contribution in [0.15, 0.2) is 37.0 Å². The second-order valence-electron chi connectivity index (χ2n) is 1.46. The van der Waals surface area contributed by atoms with Crippen molar-refractivity contribution in [2.45, 2.75) is 0 Å². The molecule has 1 heteroatoms. The van der Waals surface area contributed by atoms with Crippen molar-refractivity contribution in [3.8, 4) is 0 Å². The van der Waals surface area contributed by atoms with E-state index in [0.29, 0.717) is 6.54 Å². The summed E-state index contributed by atoms with van der Waals surface area (Å²) in [6.45, 7) is 7.67. The molecule has 0 rings (SSSR count). The zero-order chi connectivity index (χ0) is 6.41. The number of hydrogen-bond acceptors (Lipinski definition) is 1. The van der Waals surface area contributed by atoms with Gasteiger partial charge in [-0.05, 0) is 5.57 Å². The van der Waals surface area contributed by atoms with Crippen molar-refractivity contribution in [2.24, 2.45) is 5.73 Å². The Kier molecular flexibility index (Phi) is 3.90. The highest BCUT2D eigenvalue weighted by Gasteiger charge is 1.75. The molecule has 0 heterocycles. The predicted octanol–water partition coefficient (Wildman–Crippen LogP) is 1.24. The molecule has 0 aromatic rings. The van der Waals surface area contributed by atoms with Crippen molar-refractivity contribution in [2.75, 3.05) is 6.54 Å². The van der Waals surface area contributed by atoms with E-state index in [4.69, 9.17) is 5.73 Å². The van der Waals surface area contributed by atoms with Crippen LogP contribution in [0.2, 0.25) is 0 Å². The molecule has 2 N–H and O–H groups in total. The molecule has 0 amide bonds. The summed E-state index contributed by atoms with van der Waals surface area (Å²) in [5.74, 6) is 0. The molecular weight excluding hydrogens is 98.1 g/mol. The van der Waals surface area contributed by atoms with E-state index < -0.39 is 0 Å². The van der Waals surface area contributed by atoms with E-state index in [0.717, 1.165) is 5.57 Å². The molecule has 44 valence electrons. The second-order valence-corrected chi connectivity index (χ2v) is 1.46. The van der Waals surface area contributed by atoms with Crippen LogP contribution in [0.25, 0.3) is 0 Å². The third-order valence-electron chi connectivity index (χ3n) is 0.730. The highest BCUT2D eigenvalue weighted by Crippen LogP contribution is 1.86. The summed E-state index contributed by atoms with van der Waals surface area (Å²) in [6, 6.07) is 0.